The molecule has 0 aliphatic carbocycles. The fourth-order valence-corrected chi connectivity index (χ4v) is 4.65. The monoisotopic (exact) mass is 501 g/mol. The number of benzene rings is 2. The van der Waals surface area contributed by atoms with E-state index in [1.165, 1.54) is 0 Å². The molecule has 1 amide bonds. The molecule has 2 aromatic rings. The van der Waals surface area contributed by atoms with Crippen LogP contribution in [0.2, 0.25) is 0 Å². The van der Waals surface area contributed by atoms with Crippen LogP contribution >= 0.6 is 0 Å². The van der Waals surface area contributed by atoms with Crippen LogP contribution in [0.25, 0.3) is 6.08 Å². The molecule has 8 heteroatoms. The molecule has 2 N–H and O–H groups in total. The first-order valence-electron chi connectivity index (χ1n) is 12.4. The van der Waals surface area contributed by atoms with E-state index < -0.39 is 12.0 Å². The van der Waals surface area contributed by atoms with Crippen molar-refractivity contribution < 1.29 is 23.7 Å². The number of rotatable bonds is 7. The molecule has 0 saturated heterocycles. The third kappa shape index (κ3) is 5.26. The Hall–Kier alpha value is -4.38. The van der Waals surface area contributed by atoms with E-state index in [2.05, 4.69) is 6.07 Å². The van der Waals surface area contributed by atoms with Crippen LogP contribution in [0.4, 0.5) is 4.79 Å². The quantitative estimate of drug-likeness (QED) is 0.562. The van der Waals surface area contributed by atoms with Gasteiger partial charge in [-0.1, -0.05) is 36.4 Å². The van der Waals surface area contributed by atoms with Crippen molar-refractivity contribution in [2.24, 2.45) is 5.73 Å². The number of amides is 1. The highest BCUT2D eigenvalue weighted by Gasteiger charge is 2.40. The minimum absolute atomic E-state index is 0.0335. The standard InChI is InChI=1S/C29H31N3O5/c1-4-34-24-13-9-7-11-19(24)15-20-17-32(29(33)36-6-3)18-23-26(22(16-30)28(31)37-27(20)23)21-12-8-10-14-25(21)35-5-2/h7-15,26H,4-6,17-18,31H2,1-3H3/b20-15+. The van der Waals surface area contributed by atoms with Gasteiger partial charge in [0.15, 0.2) is 0 Å². The van der Waals surface area contributed by atoms with Gasteiger partial charge in [0.1, 0.15) is 28.9 Å². The van der Waals surface area contributed by atoms with Gasteiger partial charge in [-0.05, 0) is 39.0 Å². The number of carbonyl (C=O) groups is 1. The Labute approximate surface area is 217 Å². The van der Waals surface area contributed by atoms with Crippen molar-refractivity contribution in [1.29, 1.82) is 5.26 Å². The molecular weight excluding hydrogens is 470 g/mol. The van der Waals surface area contributed by atoms with Gasteiger partial charge in [0.2, 0.25) is 5.88 Å². The Morgan fingerprint density at radius 1 is 1.05 bits per heavy atom. The zero-order chi connectivity index (χ0) is 26.4. The second kappa shape index (κ2) is 11.6. The molecule has 37 heavy (non-hydrogen) atoms. The minimum atomic E-state index is -0.556. The predicted molar refractivity (Wildman–Crippen MR) is 139 cm³/mol. The average molecular weight is 502 g/mol. The van der Waals surface area contributed by atoms with Crippen LogP contribution in [0, 0.1) is 11.3 Å². The van der Waals surface area contributed by atoms with Gasteiger partial charge in [-0.15, -0.1) is 0 Å². The lowest BCUT2D eigenvalue weighted by atomic mass is 9.80. The van der Waals surface area contributed by atoms with Crippen molar-refractivity contribution in [2.75, 3.05) is 32.9 Å². The third-order valence-electron chi connectivity index (χ3n) is 6.15. The summed E-state index contributed by atoms with van der Waals surface area (Å²) in [7, 11) is 0. The third-order valence-corrected chi connectivity index (χ3v) is 6.15. The van der Waals surface area contributed by atoms with Crippen LogP contribution < -0.4 is 15.2 Å². The molecule has 8 nitrogen and oxygen atoms in total. The van der Waals surface area contributed by atoms with Crippen molar-refractivity contribution in [3.63, 3.8) is 0 Å². The molecule has 2 aliphatic heterocycles. The Morgan fingerprint density at radius 2 is 1.73 bits per heavy atom. The second-order valence-corrected chi connectivity index (χ2v) is 8.45. The molecule has 0 aromatic heterocycles. The normalized spacial score (nSPS) is 18.2. The van der Waals surface area contributed by atoms with Crippen molar-refractivity contribution in [2.45, 2.75) is 26.7 Å². The van der Waals surface area contributed by atoms with Crippen LogP contribution in [-0.2, 0) is 9.47 Å². The van der Waals surface area contributed by atoms with Crippen molar-refractivity contribution >= 4 is 12.2 Å². The smallest absolute Gasteiger partial charge is 0.410 e. The molecule has 2 heterocycles. The van der Waals surface area contributed by atoms with Gasteiger partial charge in [0.05, 0.1) is 38.8 Å². The maximum Gasteiger partial charge on any atom is 0.410 e. The van der Waals surface area contributed by atoms with E-state index in [0.29, 0.717) is 30.5 Å². The van der Waals surface area contributed by atoms with E-state index in [0.717, 1.165) is 22.3 Å². The Kier molecular flexibility index (Phi) is 8.04. The van der Waals surface area contributed by atoms with Gasteiger partial charge in [-0.3, -0.25) is 4.90 Å². The Balaban J connectivity index is 1.92. The van der Waals surface area contributed by atoms with E-state index in [1.807, 2.05) is 68.5 Å². The lowest BCUT2D eigenvalue weighted by Crippen LogP contribution is -2.42. The summed E-state index contributed by atoms with van der Waals surface area (Å²) in [4.78, 5) is 14.5. The fraction of sp³-hybridized carbons (Fsp3) is 0.310. The summed E-state index contributed by atoms with van der Waals surface area (Å²) in [6.07, 6.45) is 1.48. The minimum Gasteiger partial charge on any atom is -0.494 e. The highest BCUT2D eigenvalue weighted by Crippen LogP contribution is 2.46. The zero-order valence-electron chi connectivity index (χ0n) is 21.3. The number of allylic oxidation sites excluding steroid dienone is 1. The van der Waals surface area contributed by atoms with Crippen LogP contribution in [-0.4, -0.2) is 43.9 Å². The van der Waals surface area contributed by atoms with E-state index in [4.69, 9.17) is 24.7 Å². The largest absolute Gasteiger partial charge is 0.494 e. The maximum absolute atomic E-state index is 12.9. The van der Waals surface area contributed by atoms with Crippen LogP contribution in [0.1, 0.15) is 37.8 Å². The molecule has 1 unspecified atom stereocenters. The molecular formula is C29H31N3O5. The maximum atomic E-state index is 12.9. The highest BCUT2D eigenvalue weighted by molar-refractivity contribution is 5.73. The average Bonchev–Trinajstić information content (AvgIpc) is 2.90. The van der Waals surface area contributed by atoms with Crippen LogP contribution in [0.5, 0.6) is 11.5 Å². The lowest BCUT2D eigenvalue weighted by Gasteiger charge is -2.38. The molecule has 1 atom stereocenters. The van der Waals surface area contributed by atoms with Gasteiger partial charge in [0, 0.05) is 22.3 Å². The SMILES string of the molecule is CCOC(=O)N1CC2=C(OC(N)=C(C#N)C2c2ccccc2OCC)/C(=C/c2ccccc2OCC)C1. The molecule has 2 aliphatic rings. The molecule has 0 radical (unpaired) electrons. The van der Waals surface area contributed by atoms with Crippen molar-refractivity contribution in [3.8, 4) is 17.6 Å². The van der Waals surface area contributed by atoms with Crippen LogP contribution in [0.3, 0.4) is 0 Å². The molecule has 192 valence electrons. The summed E-state index contributed by atoms with van der Waals surface area (Å²) < 4.78 is 23.2. The predicted octanol–water partition coefficient (Wildman–Crippen LogP) is 5.10. The first-order chi connectivity index (χ1) is 18.0. The second-order valence-electron chi connectivity index (χ2n) is 8.45. The van der Waals surface area contributed by atoms with E-state index in [9.17, 15) is 10.1 Å². The zero-order valence-corrected chi connectivity index (χ0v) is 21.3. The molecule has 0 fully saturated rings. The summed E-state index contributed by atoms with van der Waals surface area (Å²) in [5, 5.41) is 10.1. The Bertz CT molecular complexity index is 1300. The van der Waals surface area contributed by atoms with E-state index >= 15 is 0 Å². The van der Waals surface area contributed by atoms with Gasteiger partial charge in [-0.25, -0.2) is 4.79 Å². The van der Waals surface area contributed by atoms with Crippen molar-refractivity contribution in [1.82, 2.24) is 4.90 Å². The number of hydrogen-bond acceptors (Lipinski definition) is 7. The topological polar surface area (TPSA) is 107 Å². The molecule has 2 aromatic carbocycles. The van der Waals surface area contributed by atoms with Gasteiger partial charge in [-0.2, -0.15) is 5.26 Å². The molecule has 4 rings (SSSR count). The first kappa shape index (κ1) is 25.7. The summed E-state index contributed by atoms with van der Waals surface area (Å²) in [5.41, 5.74) is 9.66. The summed E-state index contributed by atoms with van der Waals surface area (Å²) >= 11 is 0. The molecule has 0 spiro atoms. The van der Waals surface area contributed by atoms with Gasteiger partial charge >= 0.3 is 6.09 Å². The number of nitrogens with two attached hydrogens (primary N) is 1. The fourth-order valence-electron chi connectivity index (χ4n) is 4.65. The van der Waals surface area contributed by atoms with Gasteiger partial charge < -0.3 is 24.7 Å². The van der Waals surface area contributed by atoms with Gasteiger partial charge in [0.25, 0.3) is 0 Å². The summed E-state index contributed by atoms with van der Waals surface area (Å²) in [6.45, 7) is 7.27. The van der Waals surface area contributed by atoms with E-state index in [1.54, 1.807) is 11.8 Å². The molecule has 0 bridgehead atoms. The van der Waals surface area contributed by atoms with Crippen LogP contribution in [0.15, 0.2) is 76.9 Å². The molecule has 0 saturated carbocycles. The number of nitrogens with zero attached hydrogens (tertiary/aromatic N) is 2. The first-order valence-corrected chi connectivity index (χ1v) is 12.4. The Morgan fingerprint density at radius 3 is 2.43 bits per heavy atom. The van der Waals surface area contributed by atoms with E-state index in [-0.39, 0.29) is 31.2 Å². The number of ether oxygens (including phenoxy) is 4. The number of carbonyl (C=O) groups excluding carboxylic acids is 1. The number of para-hydroxylation sites is 2. The summed E-state index contributed by atoms with van der Waals surface area (Å²) in [5.74, 6) is 1.37. The highest BCUT2D eigenvalue weighted by atomic mass is 16.6. The lowest BCUT2D eigenvalue weighted by molar-refractivity contribution is 0.109. The number of hydrogen-bond donors (Lipinski definition) is 1. The van der Waals surface area contributed by atoms with Crippen molar-refractivity contribution in [3.05, 3.63) is 88.0 Å². The number of nitriles is 1. The summed E-state index contributed by atoms with van der Waals surface area (Å²) in [6, 6.07) is 17.4.